The van der Waals surface area contributed by atoms with Gasteiger partial charge in [0.2, 0.25) is 0 Å². The van der Waals surface area contributed by atoms with Crippen molar-refractivity contribution in [3.63, 3.8) is 0 Å². The second-order valence-corrected chi connectivity index (χ2v) is 0.224. The molecule has 0 fully saturated rings. The molecule has 0 rings (SSSR count). The Morgan fingerprint density at radius 1 is 1.33 bits per heavy atom. The van der Waals surface area contributed by atoms with E-state index in [4.69, 9.17) is 15.3 Å². The fourth-order valence-corrected chi connectivity index (χ4v) is 0. The van der Waals surface area contributed by atoms with Gasteiger partial charge in [0.1, 0.15) is 0 Å². The van der Waals surface area contributed by atoms with E-state index < -0.39 is 5.09 Å². The van der Waals surface area contributed by atoms with Crippen LogP contribution < -0.4 is 6.15 Å². The molecule has 0 aromatic carbocycles. The van der Waals surface area contributed by atoms with E-state index in [0.29, 0.717) is 0 Å². The topological polar surface area (TPSA) is 101 Å². The summed E-state index contributed by atoms with van der Waals surface area (Å²) < 4.78 is 0. The third kappa shape index (κ3) is 214. The molecule has 42 valence electrons. The van der Waals surface area contributed by atoms with Crippen molar-refractivity contribution in [1.29, 1.82) is 0 Å². The van der Waals surface area contributed by atoms with Crippen LogP contribution >= 0.6 is 0 Å². The van der Waals surface area contributed by atoms with Crippen LogP contribution in [0.5, 0.6) is 0 Å². The Morgan fingerprint density at radius 2 is 1.33 bits per heavy atom. The molecule has 6 heteroatoms. The Balaban J connectivity index is -0.0000000450. The van der Waals surface area contributed by atoms with Crippen LogP contribution in [-0.2, 0) is 16.5 Å². The summed E-state index contributed by atoms with van der Waals surface area (Å²) in [5.74, 6) is 0. The van der Waals surface area contributed by atoms with Crippen molar-refractivity contribution in [2.24, 2.45) is 0 Å². The van der Waals surface area contributed by atoms with Crippen LogP contribution in [0.15, 0.2) is 0 Å². The van der Waals surface area contributed by atoms with Gasteiger partial charge in [-0.3, -0.25) is 0 Å². The largest absolute Gasteiger partial charge is 0.356 e. The fourth-order valence-electron chi connectivity index (χ4n) is 0. The van der Waals surface area contributed by atoms with Gasteiger partial charge in [0.25, 0.3) is 0 Å². The van der Waals surface area contributed by atoms with Gasteiger partial charge < -0.3 is 21.5 Å². The first-order chi connectivity index (χ1) is 1.73. The number of hydrogen-bond donors (Lipinski definition) is 1. The molecule has 0 aliphatic rings. The first-order valence-electron chi connectivity index (χ1n) is 0.548. The number of rotatable bonds is 0. The van der Waals surface area contributed by atoms with Crippen LogP contribution in [0.25, 0.3) is 0 Å². The van der Waals surface area contributed by atoms with Gasteiger partial charge in [0, 0.05) is 16.5 Å². The van der Waals surface area contributed by atoms with E-state index >= 15 is 0 Å². The third-order valence-corrected chi connectivity index (χ3v) is 0. The monoisotopic (exact) mass is 137 g/mol. The summed E-state index contributed by atoms with van der Waals surface area (Å²) in [6.07, 6.45) is 0. The normalized spacial score (nSPS) is 4.00. The van der Waals surface area contributed by atoms with Gasteiger partial charge in [-0.1, -0.05) is 0 Å². The molecule has 0 aromatic rings. The van der Waals surface area contributed by atoms with Gasteiger partial charge in [-0.2, -0.15) is 0 Å². The average Bonchev–Trinajstić information content (AvgIpc) is 0.811. The molecule has 6 heavy (non-hydrogen) atoms. The summed E-state index contributed by atoms with van der Waals surface area (Å²) in [6.45, 7) is 0. The standard InChI is InChI=1S/NO3.H3N.Ni/c2-1(3)4;;/h;1H3;/q-1;;. The molecule has 0 saturated heterocycles. The molecule has 5 nitrogen and oxygen atoms in total. The van der Waals surface area contributed by atoms with E-state index in [2.05, 4.69) is 0 Å². The number of hydrogen-bond acceptors (Lipinski definition) is 4. The van der Waals surface area contributed by atoms with Gasteiger partial charge in [0.15, 0.2) is 0 Å². The zero-order valence-electron chi connectivity index (χ0n) is 2.70. The van der Waals surface area contributed by atoms with E-state index in [1.54, 1.807) is 0 Å². The van der Waals surface area contributed by atoms with Crippen LogP contribution in [0.1, 0.15) is 0 Å². The molecule has 0 aromatic heterocycles. The Morgan fingerprint density at radius 3 is 1.33 bits per heavy atom. The van der Waals surface area contributed by atoms with E-state index in [-0.39, 0.29) is 22.6 Å². The predicted octanol–water partition coefficient (Wildman–Crippen LogP) is -0.0796. The zero-order chi connectivity index (χ0) is 3.58. The van der Waals surface area contributed by atoms with Crippen molar-refractivity contribution in [3.8, 4) is 0 Å². The first-order valence-corrected chi connectivity index (χ1v) is 0.548. The summed E-state index contributed by atoms with van der Waals surface area (Å²) >= 11 is 0. The third-order valence-electron chi connectivity index (χ3n) is 0. The molecule has 0 saturated carbocycles. The van der Waals surface area contributed by atoms with Crippen molar-refractivity contribution in [3.05, 3.63) is 15.3 Å². The molecule has 0 heterocycles. The summed E-state index contributed by atoms with van der Waals surface area (Å²) in [4.78, 5) is 8.25. The van der Waals surface area contributed by atoms with Gasteiger partial charge in [-0.05, 0) is 0 Å². The van der Waals surface area contributed by atoms with Crippen LogP contribution in [0.2, 0.25) is 0 Å². The molecule has 0 bridgehead atoms. The van der Waals surface area contributed by atoms with Crippen molar-refractivity contribution in [2.75, 3.05) is 0 Å². The quantitative estimate of drug-likeness (QED) is 0.287. The van der Waals surface area contributed by atoms with E-state index in [1.165, 1.54) is 0 Å². The smallest absolute Gasteiger partial charge is 0.0689 e. The van der Waals surface area contributed by atoms with Crippen LogP contribution in [0, 0.1) is 15.3 Å². The average molecular weight is 138 g/mol. The van der Waals surface area contributed by atoms with Crippen LogP contribution in [0.3, 0.4) is 0 Å². The maximum Gasteiger partial charge on any atom is 0.0689 e. The molecule has 0 atom stereocenters. The van der Waals surface area contributed by atoms with Gasteiger partial charge in [0.05, 0.1) is 5.09 Å². The van der Waals surface area contributed by atoms with E-state index in [0.717, 1.165) is 0 Å². The Kier molecular flexibility index (Phi) is 25.6. The SMILES string of the molecule is N.O=[N+]([O-])[O-].[Ni]. The summed E-state index contributed by atoms with van der Waals surface area (Å²) in [5.41, 5.74) is 0. The summed E-state index contributed by atoms with van der Waals surface area (Å²) in [6, 6.07) is 0. The van der Waals surface area contributed by atoms with Gasteiger partial charge in [-0.15, -0.1) is 0 Å². The summed E-state index contributed by atoms with van der Waals surface area (Å²) in [7, 11) is 0. The Hall–Kier alpha value is -0.346. The van der Waals surface area contributed by atoms with E-state index in [9.17, 15) is 0 Å². The minimum Gasteiger partial charge on any atom is -0.356 e. The predicted molar refractivity (Wildman–Crippen MR) is 15.4 cm³/mol. The Bertz CT molecular complexity index is 31.8. The van der Waals surface area contributed by atoms with E-state index in [1.807, 2.05) is 0 Å². The molecular formula is H3N2NiO3-. The van der Waals surface area contributed by atoms with Crippen LogP contribution in [-0.4, -0.2) is 5.09 Å². The molecule has 0 unspecified atom stereocenters. The van der Waals surface area contributed by atoms with Gasteiger partial charge in [-0.25, -0.2) is 0 Å². The minimum absolute atomic E-state index is 0. The number of nitrogens with zero attached hydrogens (tertiary/aromatic N) is 1. The first kappa shape index (κ1) is 17.4. The van der Waals surface area contributed by atoms with Crippen molar-refractivity contribution in [2.45, 2.75) is 0 Å². The maximum absolute atomic E-state index is 8.25. The molecule has 0 aliphatic heterocycles. The van der Waals surface area contributed by atoms with Crippen molar-refractivity contribution < 1.29 is 21.6 Å². The molecule has 0 radical (unpaired) electrons. The molecule has 0 aliphatic carbocycles. The zero-order valence-corrected chi connectivity index (χ0v) is 3.68. The molecule has 0 amide bonds. The summed E-state index contributed by atoms with van der Waals surface area (Å²) in [5, 5.41) is 14.8. The Labute approximate surface area is 44.0 Å². The van der Waals surface area contributed by atoms with Crippen molar-refractivity contribution in [1.82, 2.24) is 6.15 Å². The maximum atomic E-state index is 8.25. The second kappa shape index (κ2) is 8.82. The molecular weight excluding hydrogens is 135 g/mol. The van der Waals surface area contributed by atoms with Gasteiger partial charge >= 0.3 is 0 Å². The van der Waals surface area contributed by atoms with Crippen LogP contribution in [0.4, 0.5) is 0 Å². The fraction of sp³-hybridized carbons (Fsp3) is 0. The molecule has 3 N–H and O–H groups in total. The molecule has 0 spiro atoms. The van der Waals surface area contributed by atoms with Crippen molar-refractivity contribution >= 4 is 0 Å². The second-order valence-electron chi connectivity index (χ2n) is 0.224. The minimum atomic E-state index is -1.75.